The van der Waals surface area contributed by atoms with Crippen LogP contribution in [0.4, 0.5) is 0 Å². The van der Waals surface area contributed by atoms with E-state index in [9.17, 15) is 71.2 Å². The molecule has 3 aromatic rings. The molecule has 3 fully saturated rings. The number of phenols is 4. The van der Waals surface area contributed by atoms with E-state index in [2.05, 4.69) is 0 Å². The topological polar surface area (TPSA) is 349 Å². The lowest BCUT2D eigenvalue weighted by Crippen LogP contribution is -2.65. The van der Waals surface area contributed by atoms with E-state index in [0.29, 0.717) is 0 Å². The van der Waals surface area contributed by atoms with Crippen molar-refractivity contribution in [3.05, 3.63) is 40.6 Å². The van der Waals surface area contributed by atoms with E-state index in [-0.39, 0.29) is 11.1 Å². The minimum absolute atomic E-state index is 0.122. The van der Waals surface area contributed by atoms with E-state index in [0.717, 1.165) is 24.3 Å². The van der Waals surface area contributed by atoms with Crippen LogP contribution in [0, 0.1) is 0 Å². The molecule has 0 radical (unpaired) electrons. The molecule has 2 aromatic carbocycles. The van der Waals surface area contributed by atoms with Crippen LogP contribution in [-0.2, 0) is 23.7 Å². The Labute approximate surface area is 303 Å². The molecule has 0 saturated carbocycles. The third-order valence-corrected chi connectivity index (χ3v) is 9.41. The van der Waals surface area contributed by atoms with Gasteiger partial charge in [0, 0.05) is 17.7 Å². The van der Waals surface area contributed by atoms with Gasteiger partial charge in [0.25, 0.3) is 0 Å². The SMILES string of the molecule is CC1OC(OCC2OC(Oc3c(-c4ccc(O)c(O)c4)oc4cc(O)cc(O)c4c3=O)C(OC3OC(CO)C(O)C(O)C3O)C(O)C2O)C(O)C(O)C1O. The summed E-state index contributed by atoms with van der Waals surface area (Å²) in [7, 11) is 0. The van der Waals surface area contributed by atoms with Gasteiger partial charge in [-0.2, -0.15) is 0 Å². The number of fused-ring (bicyclic) bond motifs is 1. The van der Waals surface area contributed by atoms with Crippen molar-refractivity contribution in [2.45, 2.75) is 99.0 Å². The van der Waals surface area contributed by atoms with E-state index < -0.39 is 151 Å². The molecule has 0 aliphatic carbocycles. The summed E-state index contributed by atoms with van der Waals surface area (Å²) >= 11 is 0. The third-order valence-electron chi connectivity index (χ3n) is 9.41. The first-order valence-electron chi connectivity index (χ1n) is 16.5. The molecule has 4 heterocycles. The van der Waals surface area contributed by atoms with E-state index in [1.165, 1.54) is 13.0 Å². The Hall–Kier alpha value is -3.91. The Morgan fingerprint density at radius 2 is 1.31 bits per heavy atom. The van der Waals surface area contributed by atoms with Gasteiger partial charge >= 0.3 is 0 Å². The molecule has 3 aliphatic rings. The Balaban J connectivity index is 1.40. The van der Waals surface area contributed by atoms with Gasteiger partial charge < -0.3 is 99.2 Å². The molecule has 298 valence electrons. The Bertz CT molecular complexity index is 1850. The molecule has 0 spiro atoms. The summed E-state index contributed by atoms with van der Waals surface area (Å²) in [6, 6.07) is 5.00. The van der Waals surface area contributed by atoms with Crippen LogP contribution >= 0.6 is 0 Å². The standard InChI is InChI=1S/C33H40O21/c1-9-19(39)23(43)26(46)31(49-9)48-8-17-21(41)25(45)30(54-32-27(47)24(44)20(40)16(7-34)51-32)33(52-17)53-29-22(42)18-14(38)5-11(35)6-15(18)50-28(29)10-2-3-12(36)13(37)4-10/h2-6,9,16-17,19-21,23-27,30-41,43-47H,7-8H2,1H3. The molecule has 21 heteroatoms. The third kappa shape index (κ3) is 7.39. The van der Waals surface area contributed by atoms with Crippen LogP contribution in [0.2, 0.25) is 0 Å². The molecule has 3 saturated heterocycles. The van der Waals surface area contributed by atoms with Gasteiger partial charge in [0.1, 0.15) is 83.5 Å². The first-order valence-corrected chi connectivity index (χ1v) is 16.5. The van der Waals surface area contributed by atoms with Crippen molar-refractivity contribution in [1.29, 1.82) is 0 Å². The van der Waals surface area contributed by atoms with Crippen LogP contribution in [0.3, 0.4) is 0 Å². The lowest BCUT2D eigenvalue weighted by atomic mass is 9.97. The van der Waals surface area contributed by atoms with E-state index in [4.69, 9.17) is 32.8 Å². The zero-order chi connectivity index (χ0) is 39.3. The molecule has 54 heavy (non-hydrogen) atoms. The molecule has 21 nitrogen and oxygen atoms in total. The van der Waals surface area contributed by atoms with Gasteiger partial charge in [-0.25, -0.2) is 0 Å². The molecule has 0 amide bonds. The number of benzene rings is 2. The number of aromatic hydroxyl groups is 4. The first-order chi connectivity index (χ1) is 25.5. The minimum atomic E-state index is -2.10. The van der Waals surface area contributed by atoms with Crippen molar-refractivity contribution in [2.24, 2.45) is 0 Å². The molecular formula is C33H40O21. The molecule has 15 unspecified atom stereocenters. The Morgan fingerprint density at radius 3 is 2.00 bits per heavy atom. The summed E-state index contributed by atoms with van der Waals surface area (Å²) in [6.45, 7) is -0.209. The fraction of sp³-hybridized carbons (Fsp3) is 0.545. The monoisotopic (exact) mass is 772 g/mol. The number of hydrogen-bond donors (Lipinski definition) is 13. The average molecular weight is 773 g/mol. The highest BCUT2D eigenvalue weighted by Gasteiger charge is 2.52. The highest BCUT2D eigenvalue weighted by atomic mass is 16.8. The number of aliphatic hydroxyl groups excluding tert-OH is 9. The second-order valence-electron chi connectivity index (χ2n) is 13.1. The molecule has 1 aromatic heterocycles. The molecule has 0 bridgehead atoms. The van der Waals surface area contributed by atoms with Crippen molar-refractivity contribution >= 4 is 11.0 Å². The average Bonchev–Trinajstić information content (AvgIpc) is 3.13. The normalized spacial score (nSPS) is 37.3. The maximum absolute atomic E-state index is 14.1. The number of phenolic OH excluding ortho intramolecular Hbond substituents is 4. The van der Waals surface area contributed by atoms with Gasteiger partial charge in [-0.15, -0.1) is 0 Å². The Kier molecular flexibility index (Phi) is 11.5. The summed E-state index contributed by atoms with van der Waals surface area (Å²) in [6.07, 6.45) is -26.6. The lowest BCUT2D eigenvalue weighted by molar-refractivity contribution is -0.362. The first kappa shape index (κ1) is 39.8. The van der Waals surface area contributed by atoms with Gasteiger partial charge in [0.2, 0.25) is 17.5 Å². The van der Waals surface area contributed by atoms with Crippen LogP contribution in [0.5, 0.6) is 28.7 Å². The van der Waals surface area contributed by atoms with Crippen molar-refractivity contribution in [3.63, 3.8) is 0 Å². The van der Waals surface area contributed by atoms with E-state index >= 15 is 0 Å². The minimum Gasteiger partial charge on any atom is -0.508 e. The lowest BCUT2D eigenvalue weighted by Gasteiger charge is -2.46. The predicted octanol–water partition coefficient (Wildman–Crippen LogP) is -3.86. The van der Waals surface area contributed by atoms with Crippen LogP contribution in [0.1, 0.15) is 6.92 Å². The fourth-order valence-electron chi connectivity index (χ4n) is 6.30. The molecule has 6 rings (SSSR count). The summed E-state index contributed by atoms with van der Waals surface area (Å²) in [5.41, 5.74) is -1.62. The number of aliphatic hydroxyl groups is 9. The van der Waals surface area contributed by atoms with Gasteiger partial charge in [-0.05, 0) is 25.1 Å². The zero-order valence-corrected chi connectivity index (χ0v) is 28.0. The molecule has 3 aliphatic heterocycles. The van der Waals surface area contributed by atoms with Crippen LogP contribution in [0.25, 0.3) is 22.3 Å². The Morgan fingerprint density at radius 1 is 0.667 bits per heavy atom. The van der Waals surface area contributed by atoms with Crippen molar-refractivity contribution in [2.75, 3.05) is 13.2 Å². The van der Waals surface area contributed by atoms with Crippen LogP contribution in [0.15, 0.2) is 39.5 Å². The van der Waals surface area contributed by atoms with Crippen molar-refractivity contribution < 1.29 is 99.2 Å². The van der Waals surface area contributed by atoms with E-state index in [1.807, 2.05) is 0 Å². The summed E-state index contributed by atoms with van der Waals surface area (Å²) in [5.74, 6) is -3.82. The summed E-state index contributed by atoms with van der Waals surface area (Å²) < 4.78 is 39.8. The van der Waals surface area contributed by atoms with Gasteiger partial charge in [0.05, 0.1) is 19.3 Å². The molecule has 13 N–H and O–H groups in total. The van der Waals surface area contributed by atoms with Crippen LogP contribution < -0.4 is 10.2 Å². The largest absolute Gasteiger partial charge is 0.508 e. The highest BCUT2D eigenvalue weighted by Crippen LogP contribution is 2.40. The predicted molar refractivity (Wildman–Crippen MR) is 173 cm³/mol. The maximum Gasteiger partial charge on any atom is 0.239 e. The van der Waals surface area contributed by atoms with Crippen molar-refractivity contribution in [1.82, 2.24) is 0 Å². The van der Waals surface area contributed by atoms with Crippen molar-refractivity contribution in [3.8, 4) is 40.1 Å². The van der Waals surface area contributed by atoms with E-state index in [1.54, 1.807) is 0 Å². The molecule has 15 atom stereocenters. The second-order valence-corrected chi connectivity index (χ2v) is 13.1. The zero-order valence-electron chi connectivity index (χ0n) is 28.0. The smallest absolute Gasteiger partial charge is 0.239 e. The van der Waals surface area contributed by atoms with Crippen LogP contribution in [-0.4, -0.2) is 172 Å². The summed E-state index contributed by atoms with van der Waals surface area (Å²) in [5, 5.41) is 135. The van der Waals surface area contributed by atoms with Gasteiger partial charge in [0.15, 0.2) is 35.9 Å². The molecular weight excluding hydrogens is 732 g/mol. The maximum atomic E-state index is 14.1. The quantitative estimate of drug-likeness (QED) is 0.0925. The number of rotatable bonds is 9. The highest BCUT2D eigenvalue weighted by molar-refractivity contribution is 5.88. The number of ether oxygens (including phenoxy) is 6. The summed E-state index contributed by atoms with van der Waals surface area (Å²) in [4.78, 5) is 14.1. The number of hydrogen-bond acceptors (Lipinski definition) is 21. The van der Waals surface area contributed by atoms with Gasteiger partial charge in [-0.3, -0.25) is 4.79 Å². The second kappa shape index (κ2) is 15.7. The van der Waals surface area contributed by atoms with Gasteiger partial charge in [-0.1, -0.05) is 0 Å². The fourth-order valence-corrected chi connectivity index (χ4v) is 6.30.